The van der Waals surface area contributed by atoms with Crippen LogP contribution in [0.25, 0.3) is 0 Å². The molecule has 1 rings (SSSR count). The molecule has 0 saturated heterocycles. The molecule has 2 atom stereocenters. The van der Waals surface area contributed by atoms with Gasteiger partial charge >= 0.3 is 6.18 Å². The van der Waals surface area contributed by atoms with Crippen molar-refractivity contribution >= 4 is 5.91 Å². The molecule has 1 fully saturated rings. The Hall–Kier alpha value is -1.04. The second-order valence-electron chi connectivity index (χ2n) is 3.91. The van der Waals surface area contributed by atoms with Gasteiger partial charge in [-0.25, -0.2) is 0 Å². The van der Waals surface area contributed by atoms with E-state index < -0.39 is 23.7 Å². The Bertz CT molecular complexity index is 309. The maximum Gasteiger partial charge on any atom is 0.421 e. The van der Waals surface area contributed by atoms with E-state index in [9.17, 15) is 18.0 Å². The summed E-state index contributed by atoms with van der Waals surface area (Å²) in [4.78, 5) is 10.8. The van der Waals surface area contributed by atoms with Crippen molar-refractivity contribution in [1.29, 1.82) is 0 Å². The number of rotatable bonds is 1. The summed E-state index contributed by atoms with van der Waals surface area (Å²) in [5.41, 5.74) is 8.96. The second kappa shape index (κ2) is 3.84. The first-order valence-electron chi connectivity index (χ1n) is 4.59. The van der Waals surface area contributed by atoms with Gasteiger partial charge in [0.25, 0.3) is 5.91 Å². The van der Waals surface area contributed by atoms with Crippen LogP contribution in [0.3, 0.4) is 0 Å². The number of hydrogen-bond acceptors (Lipinski definition) is 2. The Morgan fingerprint density at radius 3 is 2.27 bits per heavy atom. The molecule has 1 aliphatic carbocycles. The Labute approximate surface area is 85.3 Å². The lowest BCUT2D eigenvalue weighted by atomic mass is 10.0. The second-order valence-corrected chi connectivity index (χ2v) is 3.91. The monoisotopic (exact) mass is 222 g/mol. The maximum atomic E-state index is 12.5. The van der Waals surface area contributed by atoms with Crippen LogP contribution in [0.5, 0.6) is 0 Å². The van der Waals surface area contributed by atoms with Crippen molar-refractivity contribution < 1.29 is 18.0 Å². The molecule has 0 aromatic carbocycles. The van der Waals surface area contributed by atoms with Gasteiger partial charge in [-0.3, -0.25) is 4.79 Å². The zero-order valence-corrected chi connectivity index (χ0v) is 8.27. The molecule has 3 nitrogen and oxygen atoms in total. The molecule has 86 valence electrons. The number of hydrogen-bond donors (Lipinski definition) is 2. The summed E-state index contributed by atoms with van der Waals surface area (Å²) < 4.78 is 37.5. The van der Waals surface area contributed by atoms with Gasteiger partial charge in [-0.1, -0.05) is 6.92 Å². The highest BCUT2D eigenvalue weighted by atomic mass is 19.4. The van der Waals surface area contributed by atoms with Gasteiger partial charge in [0.15, 0.2) is 0 Å². The summed E-state index contributed by atoms with van der Waals surface area (Å²) in [5, 5.41) is 0. The molecule has 0 radical (unpaired) electrons. The summed E-state index contributed by atoms with van der Waals surface area (Å²) in [6.45, 7) is 1.79. The fourth-order valence-electron chi connectivity index (χ4n) is 1.95. The third-order valence-electron chi connectivity index (χ3n) is 2.52. The number of primary amides is 1. The highest BCUT2D eigenvalue weighted by Crippen LogP contribution is 2.37. The van der Waals surface area contributed by atoms with Crippen LogP contribution in [0.4, 0.5) is 13.2 Å². The van der Waals surface area contributed by atoms with Crippen LogP contribution >= 0.6 is 0 Å². The molecule has 1 aliphatic rings. The zero-order valence-electron chi connectivity index (χ0n) is 8.27. The van der Waals surface area contributed by atoms with E-state index in [0.717, 1.165) is 0 Å². The van der Waals surface area contributed by atoms with E-state index in [0.29, 0.717) is 6.42 Å². The highest BCUT2D eigenvalue weighted by Gasteiger charge is 2.43. The summed E-state index contributed by atoms with van der Waals surface area (Å²) in [6, 6.07) is -0.705. The van der Waals surface area contributed by atoms with E-state index in [1.807, 2.05) is 0 Å². The predicted octanol–water partition coefficient (Wildman–Crippen LogP) is 1.09. The number of amides is 1. The molecule has 0 spiro atoms. The number of carbonyl (C=O) groups excluding carboxylic acids is 1. The van der Waals surface area contributed by atoms with Crippen LogP contribution in [-0.4, -0.2) is 18.1 Å². The Morgan fingerprint density at radius 2 is 2.00 bits per heavy atom. The molecular weight excluding hydrogens is 209 g/mol. The molecule has 0 aromatic rings. The van der Waals surface area contributed by atoms with Gasteiger partial charge in [0.05, 0.1) is 0 Å². The molecule has 0 aromatic heterocycles. The molecule has 0 heterocycles. The first-order chi connectivity index (χ1) is 6.73. The lowest BCUT2D eigenvalue weighted by Crippen LogP contribution is -2.31. The lowest BCUT2D eigenvalue weighted by molar-refractivity contribution is -0.128. The van der Waals surface area contributed by atoms with Crippen LogP contribution < -0.4 is 11.5 Å². The smallest absolute Gasteiger partial charge is 0.366 e. The third kappa shape index (κ3) is 2.50. The zero-order chi connectivity index (χ0) is 11.8. The van der Waals surface area contributed by atoms with Gasteiger partial charge < -0.3 is 11.5 Å². The van der Waals surface area contributed by atoms with E-state index in [1.54, 1.807) is 6.92 Å². The Morgan fingerprint density at radius 1 is 1.47 bits per heavy atom. The molecule has 0 bridgehead atoms. The fraction of sp³-hybridized carbons (Fsp3) is 0.667. The van der Waals surface area contributed by atoms with Crippen molar-refractivity contribution in [2.24, 2.45) is 17.4 Å². The van der Waals surface area contributed by atoms with Crippen molar-refractivity contribution in [3.05, 3.63) is 11.1 Å². The first kappa shape index (κ1) is 12.0. The van der Waals surface area contributed by atoms with Crippen molar-refractivity contribution in [1.82, 2.24) is 0 Å². The van der Waals surface area contributed by atoms with Gasteiger partial charge in [-0.15, -0.1) is 0 Å². The Balaban J connectivity index is 3.18. The maximum absolute atomic E-state index is 12.5. The van der Waals surface area contributed by atoms with Gasteiger partial charge in [0.1, 0.15) is 5.57 Å². The average molecular weight is 222 g/mol. The number of carbonyl (C=O) groups is 1. The number of halogens is 3. The molecule has 0 aliphatic heterocycles. The average Bonchev–Trinajstić information content (AvgIpc) is 2.26. The summed E-state index contributed by atoms with van der Waals surface area (Å²) in [6.07, 6.45) is -4.05. The fourth-order valence-corrected chi connectivity index (χ4v) is 1.95. The minimum Gasteiger partial charge on any atom is -0.366 e. The SMILES string of the molecule is C[C@H]1C/C(=C(\C(N)=O)C(F)(F)F)[C@@H](N)C1. The molecule has 0 unspecified atom stereocenters. The Kier molecular flexibility index (Phi) is 3.08. The molecule has 1 amide bonds. The predicted molar refractivity (Wildman–Crippen MR) is 48.6 cm³/mol. The standard InChI is InChI=1S/C9H13F3N2O/c1-4-2-5(6(13)3-4)7(8(14)15)9(10,11)12/h4,6H,2-3,13H2,1H3,(H2,14,15)/b7-5-/t4-,6-/m0/s1. The highest BCUT2D eigenvalue weighted by molar-refractivity contribution is 5.94. The minimum atomic E-state index is -4.71. The molecule has 1 saturated carbocycles. The van der Waals surface area contributed by atoms with Crippen molar-refractivity contribution in [3.8, 4) is 0 Å². The van der Waals surface area contributed by atoms with Crippen molar-refractivity contribution in [2.75, 3.05) is 0 Å². The van der Waals surface area contributed by atoms with E-state index in [1.165, 1.54) is 0 Å². The quantitative estimate of drug-likeness (QED) is 0.652. The summed E-state index contributed by atoms with van der Waals surface area (Å²) in [7, 11) is 0. The van der Waals surface area contributed by atoms with Crippen molar-refractivity contribution in [2.45, 2.75) is 32.0 Å². The van der Waals surface area contributed by atoms with Gasteiger partial charge in [-0.2, -0.15) is 13.2 Å². The molecular formula is C9H13F3N2O. The van der Waals surface area contributed by atoms with Crippen LogP contribution in [0.15, 0.2) is 11.1 Å². The van der Waals surface area contributed by atoms with Crippen molar-refractivity contribution in [3.63, 3.8) is 0 Å². The molecule has 4 N–H and O–H groups in total. The van der Waals surface area contributed by atoms with Gasteiger partial charge in [-0.05, 0) is 24.3 Å². The van der Waals surface area contributed by atoms with E-state index in [2.05, 4.69) is 0 Å². The third-order valence-corrected chi connectivity index (χ3v) is 2.52. The van der Waals surface area contributed by atoms with Crippen LogP contribution in [0.2, 0.25) is 0 Å². The van der Waals surface area contributed by atoms with Crippen LogP contribution in [-0.2, 0) is 4.79 Å². The normalized spacial score (nSPS) is 30.5. The number of alkyl halides is 3. The van der Waals surface area contributed by atoms with E-state index in [-0.39, 0.29) is 17.9 Å². The van der Waals surface area contributed by atoms with Gasteiger partial charge in [0, 0.05) is 6.04 Å². The topological polar surface area (TPSA) is 69.1 Å². The number of nitrogens with two attached hydrogens (primary N) is 2. The largest absolute Gasteiger partial charge is 0.421 e. The summed E-state index contributed by atoms with van der Waals surface area (Å²) in [5.74, 6) is -1.38. The first-order valence-corrected chi connectivity index (χ1v) is 4.59. The minimum absolute atomic E-state index is 0.0532. The van der Waals surface area contributed by atoms with E-state index >= 15 is 0 Å². The lowest BCUT2D eigenvalue weighted by Gasteiger charge is -2.14. The van der Waals surface area contributed by atoms with Crippen LogP contribution in [0, 0.1) is 5.92 Å². The molecule has 6 heteroatoms. The molecule has 15 heavy (non-hydrogen) atoms. The van der Waals surface area contributed by atoms with Crippen LogP contribution in [0.1, 0.15) is 19.8 Å². The van der Waals surface area contributed by atoms with Gasteiger partial charge in [0.2, 0.25) is 0 Å². The summed E-state index contributed by atoms with van der Waals surface area (Å²) >= 11 is 0. The van der Waals surface area contributed by atoms with E-state index in [4.69, 9.17) is 11.5 Å².